The van der Waals surface area contributed by atoms with Crippen LogP contribution >= 0.6 is 11.6 Å². The Morgan fingerprint density at radius 1 is 1.03 bits per heavy atom. The van der Waals surface area contributed by atoms with E-state index in [4.69, 9.17) is 21.6 Å². The lowest BCUT2D eigenvalue weighted by molar-refractivity contribution is -0.00811. The lowest BCUT2D eigenvalue weighted by atomic mass is 10.2. The van der Waals surface area contributed by atoms with Crippen LogP contribution < -0.4 is 15.1 Å². The second kappa shape index (κ2) is 8.85. The van der Waals surface area contributed by atoms with Crippen molar-refractivity contribution < 1.29 is 14.4 Å². The minimum absolute atomic E-state index is 0.0218. The number of rotatable bonds is 8. The number of aliphatic hydroxyl groups is 2. The number of aryl methyl sites for hydroxylation is 1. The first-order chi connectivity index (χ1) is 17.0. The Morgan fingerprint density at radius 2 is 1.71 bits per heavy atom. The van der Waals surface area contributed by atoms with E-state index in [1.165, 1.54) is 0 Å². The van der Waals surface area contributed by atoms with Crippen molar-refractivity contribution in [2.75, 3.05) is 60.4 Å². The minimum atomic E-state index is -1.14. The number of anilines is 3. The fourth-order valence-electron chi connectivity index (χ4n) is 5.42. The number of piperazine rings is 1. The number of fused-ring (bicyclic) bond motifs is 1. The van der Waals surface area contributed by atoms with E-state index in [1.54, 1.807) is 0 Å². The highest BCUT2D eigenvalue weighted by Gasteiger charge is 2.60. The van der Waals surface area contributed by atoms with E-state index in [9.17, 15) is 14.4 Å². The van der Waals surface area contributed by atoms with Crippen LogP contribution in [0.2, 0.25) is 5.02 Å². The Kier molecular flexibility index (Phi) is 5.92. The van der Waals surface area contributed by atoms with Crippen LogP contribution in [0.25, 0.3) is 0 Å². The topological polar surface area (TPSA) is 105 Å². The quantitative estimate of drug-likeness (QED) is 0.451. The van der Waals surface area contributed by atoms with Gasteiger partial charge in [0.25, 0.3) is 0 Å². The third kappa shape index (κ3) is 4.19. The maximum absolute atomic E-state index is 12.9. The molecule has 0 spiro atoms. The molecule has 188 valence electrons. The molecule has 4 aliphatic rings. The van der Waals surface area contributed by atoms with E-state index < -0.39 is 16.5 Å². The van der Waals surface area contributed by atoms with Crippen LogP contribution in [0.4, 0.5) is 17.5 Å². The van der Waals surface area contributed by atoms with Gasteiger partial charge in [0.2, 0.25) is 5.95 Å². The van der Waals surface area contributed by atoms with Gasteiger partial charge in [0.05, 0.1) is 35.5 Å². The molecule has 9 nitrogen and oxygen atoms in total. The van der Waals surface area contributed by atoms with Crippen molar-refractivity contribution >= 4 is 39.9 Å². The van der Waals surface area contributed by atoms with Crippen LogP contribution in [0.3, 0.4) is 0 Å². The summed E-state index contributed by atoms with van der Waals surface area (Å²) in [4.78, 5) is 16.9. The SMILES string of the molecule is O=S1CCc2nc(N3CCN(c4ccc(Cl)cc4)CC3)nc(NC3(N(CO)C4(CO)CC4)CC3)c21. The van der Waals surface area contributed by atoms with Gasteiger partial charge < -0.3 is 25.3 Å². The van der Waals surface area contributed by atoms with Crippen molar-refractivity contribution in [3.05, 3.63) is 35.0 Å². The molecule has 3 N–H and O–H groups in total. The summed E-state index contributed by atoms with van der Waals surface area (Å²) in [5.74, 6) is 1.84. The first-order valence-electron chi connectivity index (χ1n) is 12.3. The Hall–Kier alpha value is -1.98. The average Bonchev–Trinajstić information content (AvgIpc) is 3.80. The Bertz CT molecular complexity index is 1130. The van der Waals surface area contributed by atoms with Crippen LogP contribution in [0.15, 0.2) is 29.2 Å². The molecule has 6 rings (SSSR count). The fraction of sp³-hybridized carbons (Fsp3) is 0.583. The van der Waals surface area contributed by atoms with E-state index in [1.807, 2.05) is 29.2 Å². The van der Waals surface area contributed by atoms with Gasteiger partial charge in [0, 0.05) is 54.6 Å². The molecule has 35 heavy (non-hydrogen) atoms. The number of nitrogens with one attached hydrogen (secondary N) is 1. The zero-order valence-electron chi connectivity index (χ0n) is 19.6. The van der Waals surface area contributed by atoms with Crippen molar-refractivity contribution in [1.82, 2.24) is 14.9 Å². The summed E-state index contributed by atoms with van der Waals surface area (Å²) in [6.45, 7) is 3.14. The molecule has 0 bridgehead atoms. The van der Waals surface area contributed by atoms with Gasteiger partial charge in [-0.1, -0.05) is 11.6 Å². The van der Waals surface area contributed by atoms with E-state index >= 15 is 0 Å². The predicted octanol–water partition coefficient (Wildman–Crippen LogP) is 1.80. The summed E-state index contributed by atoms with van der Waals surface area (Å²) in [7, 11) is -1.14. The Balaban J connectivity index is 1.24. The molecule has 2 saturated carbocycles. The molecule has 2 aliphatic carbocycles. The minimum Gasteiger partial charge on any atom is -0.394 e. The smallest absolute Gasteiger partial charge is 0.227 e. The average molecular weight is 519 g/mol. The second-order valence-corrected chi connectivity index (χ2v) is 12.0. The maximum Gasteiger partial charge on any atom is 0.227 e. The summed E-state index contributed by atoms with van der Waals surface area (Å²) in [6.07, 6.45) is 4.09. The number of hydrogen-bond donors (Lipinski definition) is 3. The third-order valence-corrected chi connectivity index (χ3v) is 9.57. The van der Waals surface area contributed by atoms with Gasteiger partial charge in [0.15, 0.2) is 0 Å². The largest absolute Gasteiger partial charge is 0.394 e. The number of aliphatic hydroxyl groups excluding tert-OH is 2. The molecule has 1 aromatic carbocycles. The molecular formula is C24H31ClN6O3S. The second-order valence-electron chi connectivity index (χ2n) is 10.0. The fourth-order valence-corrected chi connectivity index (χ4v) is 6.86. The lowest BCUT2D eigenvalue weighted by Crippen LogP contribution is -2.53. The van der Waals surface area contributed by atoms with Gasteiger partial charge in [-0.2, -0.15) is 4.98 Å². The molecular weight excluding hydrogens is 488 g/mol. The standard InChI is InChI=1S/C24H31ClN6O3S/c25-17-1-3-18(4-2-17)29-10-12-30(13-11-29)22-26-19-5-14-35(34)20(19)21(27-22)28-24(8-9-24)31(16-33)23(15-32)6-7-23/h1-4,32-33H,5-16H2,(H,26,27,28). The number of benzene rings is 1. The van der Waals surface area contributed by atoms with Crippen LogP contribution in [0.5, 0.6) is 0 Å². The van der Waals surface area contributed by atoms with E-state index in [0.717, 1.165) is 68.3 Å². The molecule has 11 heteroatoms. The third-order valence-electron chi connectivity index (χ3n) is 7.86. The van der Waals surface area contributed by atoms with E-state index in [2.05, 4.69) is 15.1 Å². The normalized spacial score (nSPS) is 23.9. The van der Waals surface area contributed by atoms with Crippen LogP contribution in [0.1, 0.15) is 31.4 Å². The lowest BCUT2D eigenvalue weighted by Gasteiger charge is -2.38. The first kappa shape index (κ1) is 23.4. The molecule has 3 heterocycles. The van der Waals surface area contributed by atoms with Crippen LogP contribution in [-0.4, -0.2) is 85.8 Å². The Labute approximate surface area is 212 Å². The summed E-state index contributed by atoms with van der Waals surface area (Å²) in [5.41, 5.74) is 1.17. The summed E-state index contributed by atoms with van der Waals surface area (Å²) < 4.78 is 12.9. The van der Waals surface area contributed by atoms with E-state index in [-0.39, 0.29) is 18.9 Å². The van der Waals surface area contributed by atoms with Crippen LogP contribution in [-0.2, 0) is 17.2 Å². The van der Waals surface area contributed by atoms with Gasteiger partial charge in [0.1, 0.15) is 10.7 Å². The zero-order chi connectivity index (χ0) is 24.2. The molecule has 1 atom stereocenters. The monoisotopic (exact) mass is 518 g/mol. The highest BCUT2D eigenvalue weighted by molar-refractivity contribution is 7.85. The highest BCUT2D eigenvalue weighted by Crippen LogP contribution is 2.53. The van der Waals surface area contributed by atoms with Crippen LogP contribution in [0, 0.1) is 0 Å². The van der Waals surface area contributed by atoms with Crippen molar-refractivity contribution in [3.8, 4) is 0 Å². The predicted molar refractivity (Wildman–Crippen MR) is 136 cm³/mol. The van der Waals surface area contributed by atoms with Gasteiger partial charge in [-0.05, 0) is 49.9 Å². The molecule has 1 saturated heterocycles. The Morgan fingerprint density at radius 3 is 2.31 bits per heavy atom. The van der Waals surface area contributed by atoms with E-state index in [0.29, 0.717) is 28.8 Å². The number of aromatic nitrogens is 2. The molecule has 2 aliphatic heterocycles. The first-order valence-corrected chi connectivity index (χ1v) is 14.0. The summed E-state index contributed by atoms with van der Waals surface area (Å²) in [5, 5.41) is 24.5. The number of nitrogens with zero attached hydrogens (tertiary/aromatic N) is 5. The number of halogens is 1. The van der Waals surface area contributed by atoms with Gasteiger partial charge in [-0.3, -0.25) is 4.21 Å². The summed E-state index contributed by atoms with van der Waals surface area (Å²) >= 11 is 6.04. The molecule has 1 aromatic heterocycles. The van der Waals surface area contributed by atoms with Crippen molar-refractivity contribution in [2.45, 2.75) is 48.2 Å². The zero-order valence-corrected chi connectivity index (χ0v) is 21.2. The van der Waals surface area contributed by atoms with Crippen molar-refractivity contribution in [2.24, 2.45) is 0 Å². The maximum atomic E-state index is 12.9. The van der Waals surface area contributed by atoms with Gasteiger partial charge >= 0.3 is 0 Å². The molecule has 2 aromatic rings. The molecule has 1 unspecified atom stereocenters. The highest BCUT2D eigenvalue weighted by atomic mass is 35.5. The number of hydrogen-bond acceptors (Lipinski definition) is 9. The summed E-state index contributed by atoms with van der Waals surface area (Å²) in [6, 6.07) is 7.91. The van der Waals surface area contributed by atoms with Gasteiger partial charge in [-0.25, -0.2) is 9.88 Å². The van der Waals surface area contributed by atoms with Gasteiger partial charge in [-0.15, -0.1) is 0 Å². The molecule has 3 fully saturated rings. The van der Waals surface area contributed by atoms with Crippen molar-refractivity contribution in [3.63, 3.8) is 0 Å². The molecule has 0 amide bonds. The van der Waals surface area contributed by atoms with Crippen molar-refractivity contribution in [1.29, 1.82) is 0 Å². The molecule has 0 radical (unpaired) electrons.